The molecule has 1 rings (SSSR count). The first-order valence-corrected chi connectivity index (χ1v) is 6.12. The zero-order chi connectivity index (χ0) is 12.7. The highest BCUT2D eigenvalue weighted by molar-refractivity contribution is 5.70. The minimum Gasteiger partial charge on any atom is -0.463 e. The highest BCUT2D eigenvalue weighted by Crippen LogP contribution is 2.12. The van der Waals surface area contributed by atoms with Gasteiger partial charge in [0.05, 0.1) is 12.5 Å². The molecule has 0 saturated heterocycles. The van der Waals surface area contributed by atoms with Crippen molar-refractivity contribution in [2.45, 2.75) is 39.7 Å². The van der Waals surface area contributed by atoms with Crippen molar-refractivity contribution in [1.82, 2.24) is 0 Å². The minimum absolute atomic E-state index is 0.0148. The molecule has 0 aliphatic heterocycles. The lowest BCUT2D eigenvalue weighted by molar-refractivity contribution is -0.147. The predicted octanol–water partition coefficient (Wildman–Crippen LogP) is 3.14. The molecule has 0 fully saturated rings. The monoisotopic (exact) mass is 235 g/mol. The lowest BCUT2D eigenvalue weighted by Gasteiger charge is -2.12. The van der Waals surface area contributed by atoms with Crippen molar-refractivity contribution in [2.75, 3.05) is 11.9 Å². The summed E-state index contributed by atoms with van der Waals surface area (Å²) >= 11 is 0. The van der Waals surface area contributed by atoms with E-state index in [2.05, 4.69) is 5.32 Å². The SMILES string of the molecule is CCC(C)OC(=O)CCNc1ccccc1C. The Morgan fingerprint density at radius 1 is 1.41 bits per heavy atom. The van der Waals surface area contributed by atoms with Gasteiger partial charge in [-0.15, -0.1) is 0 Å². The standard InChI is InChI=1S/C14H21NO2/c1-4-12(3)17-14(16)9-10-15-13-8-6-5-7-11(13)2/h5-8,12,15H,4,9-10H2,1-3H3. The molecule has 0 heterocycles. The number of hydrogen-bond donors (Lipinski definition) is 1. The molecule has 0 amide bonds. The Bertz CT molecular complexity index is 363. The summed E-state index contributed by atoms with van der Waals surface area (Å²) in [6, 6.07) is 8.03. The second-order valence-corrected chi connectivity index (χ2v) is 4.20. The fraction of sp³-hybridized carbons (Fsp3) is 0.500. The number of hydrogen-bond acceptors (Lipinski definition) is 3. The van der Waals surface area contributed by atoms with Gasteiger partial charge < -0.3 is 10.1 Å². The Labute approximate surface area is 103 Å². The van der Waals surface area contributed by atoms with Crippen molar-refractivity contribution in [3.05, 3.63) is 29.8 Å². The fourth-order valence-corrected chi connectivity index (χ4v) is 1.44. The lowest BCUT2D eigenvalue weighted by Crippen LogP contribution is -2.17. The average Bonchev–Trinajstić information content (AvgIpc) is 2.31. The molecule has 17 heavy (non-hydrogen) atoms. The molecule has 3 heteroatoms. The number of esters is 1. The van der Waals surface area contributed by atoms with Crippen molar-refractivity contribution in [3.63, 3.8) is 0 Å². The maximum Gasteiger partial charge on any atom is 0.307 e. The third kappa shape index (κ3) is 4.89. The van der Waals surface area contributed by atoms with Crippen molar-refractivity contribution in [3.8, 4) is 0 Å². The maximum absolute atomic E-state index is 11.4. The van der Waals surface area contributed by atoms with Crippen molar-refractivity contribution in [2.24, 2.45) is 0 Å². The number of benzene rings is 1. The maximum atomic E-state index is 11.4. The Kier molecular flexibility index (Phi) is 5.53. The normalized spacial score (nSPS) is 11.9. The first-order valence-electron chi connectivity index (χ1n) is 6.12. The van der Waals surface area contributed by atoms with Gasteiger partial charge in [0.1, 0.15) is 0 Å². The second-order valence-electron chi connectivity index (χ2n) is 4.20. The zero-order valence-corrected chi connectivity index (χ0v) is 10.8. The van der Waals surface area contributed by atoms with Crippen LogP contribution in [0.3, 0.4) is 0 Å². The molecule has 1 atom stereocenters. The Balaban J connectivity index is 2.29. The van der Waals surface area contributed by atoms with Gasteiger partial charge in [-0.2, -0.15) is 0 Å². The van der Waals surface area contributed by atoms with E-state index in [4.69, 9.17) is 4.74 Å². The largest absolute Gasteiger partial charge is 0.463 e. The Morgan fingerprint density at radius 3 is 2.76 bits per heavy atom. The van der Waals surface area contributed by atoms with Crippen LogP contribution >= 0.6 is 0 Å². The first kappa shape index (κ1) is 13.6. The van der Waals surface area contributed by atoms with Crippen LogP contribution in [-0.2, 0) is 9.53 Å². The number of rotatable bonds is 6. The van der Waals surface area contributed by atoms with Crippen LogP contribution in [0.15, 0.2) is 24.3 Å². The smallest absolute Gasteiger partial charge is 0.307 e. The molecule has 0 spiro atoms. The van der Waals surface area contributed by atoms with E-state index in [1.807, 2.05) is 45.0 Å². The van der Waals surface area contributed by atoms with Gasteiger partial charge in [0, 0.05) is 12.2 Å². The fourth-order valence-electron chi connectivity index (χ4n) is 1.44. The van der Waals surface area contributed by atoms with Crippen molar-refractivity contribution < 1.29 is 9.53 Å². The van der Waals surface area contributed by atoms with Crippen LogP contribution in [0, 0.1) is 6.92 Å². The summed E-state index contributed by atoms with van der Waals surface area (Å²) in [7, 11) is 0. The van der Waals surface area contributed by atoms with Crippen LogP contribution in [0.25, 0.3) is 0 Å². The molecule has 94 valence electrons. The van der Waals surface area contributed by atoms with Gasteiger partial charge in [-0.25, -0.2) is 0 Å². The summed E-state index contributed by atoms with van der Waals surface area (Å²) < 4.78 is 5.19. The van der Waals surface area contributed by atoms with E-state index in [9.17, 15) is 4.79 Å². The molecular weight excluding hydrogens is 214 g/mol. The topological polar surface area (TPSA) is 38.3 Å². The van der Waals surface area contributed by atoms with E-state index in [0.717, 1.165) is 12.1 Å². The highest BCUT2D eigenvalue weighted by atomic mass is 16.5. The van der Waals surface area contributed by atoms with E-state index in [1.54, 1.807) is 0 Å². The number of carbonyl (C=O) groups excluding carboxylic acids is 1. The molecule has 0 aliphatic carbocycles. The summed E-state index contributed by atoms with van der Waals surface area (Å²) in [5.74, 6) is -0.138. The van der Waals surface area contributed by atoms with E-state index in [1.165, 1.54) is 5.56 Å². The van der Waals surface area contributed by atoms with Crippen LogP contribution in [0.1, 0.15) is 32.3 Å². The van der Waals surface area contributed by atoms with Gasteiger partial charge in [-0.05, 0) is 31.9 Å². The third-order valence-electron chi connectivity index (χ3n) is 2.70. The molecule has 0 radical (unpaired) electrons. The van der Waals surface area contributed by atoms with Gasteiger partial charge in [0.25, 0.3) is 0 Å². The van der Waals surface area contributed by atoms with E-state index >= 15 is 0 Å². The number of nitrogens with one attached hydrogen (secondary N) is 1. The van der Waals surface area contributed by atoms with Gasteiger partial charge in [0.15, 0.2) is 0 Å². The van der Waals surface area contributed by atoms with E-state index in [0.29, 0.717) is 13.0 Å². The van der Waals surface area contributed by atoms with Crippen LogP contribution in [-0.4, -0.2) is 18.6 Å². The van der Waals surface area contributed by atoms with Crippen LogP contribution in [0.4, 0.5) is 5.69 Å². The summed E-state index contributed by atoms with van der Waals surface area (Å²) in [6.45, 7) is 6.57. The molecule has 3 nitrogen and oxygen atoms in total. The highest BCUT2D eigenvalue weighted by Gasteiger charge is 2.07. The quantitative estimate of drug-likeness (QED) is 0.770. The van der Waals surface area contributed by atoms with Crippen molar-refractivity contribution in [1.29, 1.82) is 0 Å². The van der Waals surface area contributed by atoms with Gasteiger partial charge >= 0.3 is 5.97 Å². The molecule has 0 saturated carbocycles. The van der Waals surface area contributed by atoms with Gasteiger partial charge in [0.2, 0.25) is 0 Å². The molecule has 1 unspecified atom stereocenters. The minimum atomic E-state index is -0.138. The number of carbonyl (C=O) groups is 1. The van der Waals surface area contributed by atoms with E-state index < -0.39 is 0 Å². The molecule has 1 aromatic carbocycles. The molecule has 0 aromatic heterocycles. The number of para-hydroxylation sites is 1. The predicted molar refractivity (Wildman–Crippen MR) is 70.1 cm³/mol. The van der Waals surface area contributed by atoms with Crippen LogP contribution < -0.4 is 5.32 Å². The third-order valence-corrected chi connectivity index (χ3v) is 2.70. The first-order chi connectivity index (χ1) is 8.13. The van der Waals surface area contributed by atoms with E-state index in [-0.39, 0.29) is 12.1 Å². The molecule has 0 bridgehead atoms. The zero-order valence-electron chi connectivity index (χ0n) is 10.8. The summed E-state index contributed by atoms with van der Waals surface area (Å²) in [6.07, 6.45) is 1.27. The molecule has 1 aromatic rings. The Morgan fingerprint density at radius 2 is 2.12 bits per heavy atom. The van der Waals surface area contributed by atoms with Gasteiger partial charge in [-0.3, -0.25) is 4.79 Å². The molecule has 1 N–H and O–H groups in total. The number of anilines is 1. The second kappa shape index (κ2) is 6.94. The average molecular weight is 235 g/mol. The Hall–Kier alpha value is -1.51. The molecule has 0 aliphatic rings. The number of ether oxygens (including phenoxy) is 1. The van der Waals surface area contributed by atoms with Crippen molar-refractivity contribution >= 4 is 11.7 Å². The molecular formula is C14H21NO2. The van der Waals surface area contributed by atoms with Crippen LogP contribution in [0.5, 0.6) is 0 Å². The summed E-state index contributed by atoms with van der Waals surface area (Å²) in [4.78, 5) is 11.4. The van der Waals surface area contributed by atoms with Gasteiger partial charge in [-0.1, -0.05) is 25.1 Å². The van der Waals surface area contributed by atoms with Crippen LogP contribution in [0.2, 0.25) is 0 Å². The lowest BCUT2D eigenvalue weighted by atomic mass is 10.2. The summed E-state index contributed by atoms with van der Waals surface area (Å²) in [5.41, 5.74) is 2.26. The summed E-state index contributed by atoms with van der Waals surface area (Å²) in [5, 5.41) is 3.23. The number of aryl methyl sites for hydroxylation is 1.